The molecule has 0 fully saturated rings. The fourth-order valence-corrected chi connectivity index (χ4v) is 3.02. The van der Waals surface area contributed by atoms with Crippen LogP contribution in [0, 0.1) is 5.82 Å². The van der Waals surface area contributed by atoms with Gasteiger partial charge < -0.3 is 10.1 Å². The number of anilines is 1. The van der Waals surface area contributed by atoms with Crippen molar-refractivity contribution in [2.75, 3.05) is 25.2 Å². The number of thioether (sulfide) groups is 1. The Morgan fingerprint density at radius 2 is 2.30 bits per heavy atom. The molecule has 8 heteroatoms. The number of carbonyl (C=O) groups is 1. The number of methoxy groups -OCH3 is 1. The number of Topliss-reactive ketones (excluding diaryl/α,β-unsaturated/α-hetero) is 1. The molecule has 0 amide bonds. The molecule has 0 bridgehead atoms. The van der Waals surface area contributed by atoms with E-state index in [9.17, 15) is 9.18 Å². The van der Waals surface area contributed by atoms with E-state index in [1.54, 1.807) is 13.1 Å². The van der Waals surface area contributed by atoms with Gasteiger partial charge in [0.1, 0.15) is 0 Å². The molecule has 0 radical (unpaired) electrons. The summed E-state index contributed by atoms with van der Waals surface area (Å²) in [6, 6.07) is 4.17. The van der Waals surface area contributed by atoms with E-state index in [1.165, 1.54) is 42.3 Å². The SMILES string of the molecule is CNc1nnc(SCC(=O)c2ccc(OC)c(F)c2)s1. The fraction of sp³-hybridized carbons (Fsp3) is 0.250. The van der Waals surface area contributed by atoms with Gasteiger partial charge in [0.25, 0.3) is 0 Å². The van der Waals surface area contributed by atoms with Gasteiger partial charge in [0, 0.05) is 12.6 Å². The topological polar surface area (TPSA) is 64.1 Å². The van der Waals surface area contributed by atoms with Gasteiger partial charge in [-0.05, 0) is 18.2 Å². The van der Waals surface area contributed by atoms with Crippen LogP contribution >= 0.6 is 23.1 Å². The minimum absolute atomic E-state index is 0.122. The number of carbonyl (C=O) groups excluding carboxylic acids is 1. The number of benzene rings is 1. The van der Waals surface area contributed by atoms with Crippen LogP contribution in [0.4, 0.5) is 9.52 Å². The Balaban J connectivity index is 1.99. The summed E-state index contributed by atoms with van der Waals surface area (Å²) in [6.07, 6.45) is 0. The molecule has 1 aromatic heterocycles. The largest absolute Gasteiger partial charge is 0.494 e. The van der Waals surface area contributed by atoms with E-state index in [4.69, 9.17) is 4.74 Å². The van der Waals surface area contributed by atoms with Crippen molar-refractivity contribution in [3.8, 4) is 5.75 Å². The van der Waals surface area contributed by atoms with Gasteiger partial charge in [-0.1, -0.05) is 23.1 Å². The number of nitrogens with one attached hydrogen (secondary N) is 1. The summed E-state index contributed by atoms with van der Waals surface area (Å²) in [5.74, 6) is -0.407. The average molecular weight is 313 g/mol. The van der Waals surface area contributed by atoms with Crippen LogP contribution in [0.1, 0.15) is 10.4 Å². The molecule has 2 rings (SSSR count). The summed E-state index contributed by atoms with van der Waals surface area (Å²) in [4.78, 5) is 12.0. The molecule has 0 saturated heterocycles. The molecule has 0 atom stereocenters. The van der Waals surface area contributed by atoms with E-state index in [2.05, 4.69) is 15.5 Å². The van der Waals surface area contributed by atoms with Gasteiger partial charge in [0.2, 0.25) is 5.13 Å². The van der Waals surface area contributed by atoms with Crippen LogP contribution in [0.25, 0.3) is 0 Å². The van der Waals surface area contributed by atoms with E-state index >= 15 is 0 Å². The summed E-state index contributed by atoms with van der Waals surface area (Å²) in [6.45, 7) is 0. The number of aromatic nitrogens is 2. The molecule has 0 aliphatic carbocycles. The lowest BCUT2D eigenvalue weighted by Crippen LogP contribution is -2.03. The van der Waals surface area contributed by atoms with Crippen molar-refractivity contribution in [3.63, 3.8) is 0 Å². The highest BCUT2D eigenvalue weighted by Gasteiger charge is 2.12. The smallest absolute Gasteiger partial charge is 0.206 e. The predicted octanol–water partition coefficient (Wildman–Crippen LogP) is 2.70. The molecule has 0 saturated carbocycles. The Hall–Kier alpha value is -1.67. The maximum atomic E-state index is 13.5. The number of ketones is 1. The van der Waals surface area contributed by atoms with Crippen molar-refractivity contribution in [1.29, 1.82) is 0 Å². The Morgan fingerprint density at radius 3 is 2.90 bits per heavy atom. The van der Waals surface area contributed by atoms with Crippen LogP contribution in [0.3, 0.4) is 0 Å². The van der Waals surface area contributed by atoms with Gasteiger partial charge in [0.05, 0.1) is 12.9 Å². The van der Waals surface area contributed by atoms with Crippen LogP contribution in [0.15, 0.2) is 22.5 Å². The second kappa shape index (κ2) is 6.67. The Kier molecular flexibility index (Phi) is 4.91. The van der Waals surface area contributed by atoms with Gasteiger partial charge in [-0.2, -0.15) is 0 Å². The summed E-state index contributed by atoms with van der Waals surface area (Å²) < 4.78 is 19.0. The zero-order valence-corrected chi connectivity index (χ0v) is 12.5. The highest BCUT2D eigenvalue weighted by molar-refractivity contribution is 8.01. The van der Waals surface area contributed by atoms with E-state index in [1.807, 2.05) is 0 Å². The Bertz CT molecular complexity index is 618. The van der Waals surface area contributed by atoms with Gasteiger partial charge in [-0.25, -0.2) is 4.39 Å². The molecule has 5 nitrogen and oxygen atoms in total. The second-order valence-corrected chi connectivity index (χ2v) is 5.88. The number of hydrogen-bond donors (Lipinski definition) is 1. The van der Waals surface area contributed by atoms with E-state index < -0.39 is 5.82 Å². The summed E-state index contributed by atoms with van der Waals surface area (Å²) >= 11 is 2.64. The highest BCUT2D eigenvalue weighted by atomic mass is 32.2. The van der Waals surface area contributed by atoms with Gasteiger partial charge in [-0.3, -0.25) is 4.79 Å². The van der Waals surface area contributed by atoms with Crippen molar-refractivity contribution in [3.05, 3.63) is 29.6 Å². The quantitative estimate of drug-likeness (QED) is 0.653. The molecule has 0 unspecified atom stereocenters. The lowest BCUT2D eigenvalue weighted by Gasteiger charge is -2.03. The number of nitrogens with zero attached hydrogens (tertiary/aromatic N) is 2. The summed E-state index contributed by atoms with van der Waals surface area (Å²) in [5, 5.41) is 11.4. The van der Waals surface area contributed by atoms with Crippen molar-refractivity contribution in [2.24, 2.45) is 0 Å². The first-order chi connectivity index (χ1) is 9.63. The molecule has 1 heterocycles. The Morgan fingerprint density at radius 1 is 1.50 bits per heavy atom. The molecular formula is C12H12FN3O2S2. The van der Waals surface area contributed by atoms with Crippen LogP contribution < -0.4 is 10.1 Å². The first-order valence-corrected chi connectivity index (χ1v) is 7.45. The van der Waals surface area contributed by atoms with Crippen molar-refractivity contribution >= 4 is 34.0 Å². The first kappa shape index (κ1) is 14.7. The highest BCUT2D eigenvalue weighted by Crippen LogP contribution is 2.26. The third-order valence-electron chi connectivity index (χ3n) is 2.42. The molecule has 2 aromatic rings. The first-order valence-electron chi connectivity index (χ1n) is 5.65. The van der Waals surface area contributed by atoms with Gasteiger partial charge in [-0.15, -0.1) is 10.2 Å². The van der Waals surface area contributed by atoms with E-state index in [-0.39, 0.29) is 17.3 Å². The van der Waals surface area contributed by atoms with Crippen molar-refractivity contribution in [2.45, 2.75) is 4.34 Å². The van der Waals surface area contributed by atoms with Crippen LogP contribution in [-0.4, -0.2) is 35.9 Å². The molecule has 0 spiro atoms. The maximum absolute atomic E-state index is 13.5. The molecule has 1 N–H and O–H groups in total. The average Bonchev–Trinajstić information content (AvgIpc) is 2.92. The molecule has 0 aliphatic rings. The number of hydrogen-bond acceptors (Lipinski definition) is 7. The third kappa shape index (κ3) is 3.45. The normalized spacial score (nSPS) is 10.3. The van der Waals surface area contributed by atoms with E-state index in [0.717, 1.165) is 0 Å². The zero-order chi connectivity index (χ0) is 14.5. The molecular weight excluding hydrogens is 301 g/mol. The minimum atomic E-state index is -0.545. The number of rotatable bonds is 6. The monoisotopic (exact) mass is 313 g/mol. The third-order valence-corrected chi connectivity index (χ3v) is 4.49. The zero-order valence-electron chi connectivity index (χ0n) is 10.8. The fourth-order valence-electron chi connectivity index (χ4n) is 1.42. The maximum Gasteiger partial charge on any atom is 0.206 e. The number of halogens is 1. The Labute approximate surface area is 123 Å². The predicted molar refractivity (Wildman–Crippen MR) is 77.5 cm³/mol. The van der Waals surface area contributed by atoms with Crippen molar-refractivity contribution < 1.29 is 13.9 Å². The lowest BCUT2D eigenvalue weighted by molar-refractivity contribution is 0.102. The van der Waals surface area contributed by atoms with Crippen LogP contribution in [0.2, 0.25) is 0 Å². The summed E-state index contributed by atoms with van der Waals surface area (Å²) in [7, 11) is 3.13. The molecule has 0 aliphatic heterocycles. The van der Waals surface area contributed by atoms with Gasteiger partial charge >= 0.3 is 0 Å². The lowest BCUT2D eigenvalue weighted by atomic mass is 10.1. The van der Waals surface area contributed by atoms with E-state index in [0.29, 0.717) is 15.0 Å². The van der Waals surface area contributed by atoms with Crippen LogP contribution in [-0.2, 0) is 0 Å². The summed E-state index contributed by atoms with van der Waals surface area (Å²) in [5.41, 5.74) is 0.314. The second-order valence-electron chi connectivity index (χ2n) is 3.68. The molecule has 1 aromatic carbocycles. The minimum Gasteiger partial charge on any atom is -0.494 e. The molecule has 106 valence electrons. The van der Waals surface area contributed by atoms with Crippen molar-refractivity contribution in [1.82, 2.24) is 10.2 Å². The van der Waals surface area contributed by atoms with Crippen LogP contribution in [0.5, 0.6) is 5.75 Å². The van der Waals surface area contributed by atoms with Gasteiger partial charge in [0.15, 0.2) is 21.7 Å². The standard InChI is InChI=1S/C12H12FN3O2S2/c1-14-11-15-16-12(20-11)19-6-9(17)7-3-4-10(18-2)8(13)5-7/h3-5H,6H2,1-2H3,(H,14,15). The number of ether oxygens (including phenoxy) is 1. The molecule has 20 heavy (non-hydrogen) atoms.